The number of hydrogen-bond acceptors (Lipinski definition) is 2. The third-order valence-electron chi connectivity index (χ3n) is 2.62. The van der Waals surface area contributed by atoms with Gasteiger partial charge in [0.15, 0.2) is 0 Å². The minimum atomic E-state index is -0.918. The maximum Gasteiger partial charge on any atom is 0.305 e. The van der Waals surface area contributed by atoms with Gasteiger partial charge in [0, 0.05) is 12.1 Å². The highest BCUT2D eigenvalue weighted by atomic mass is 16.4. The Balaban J connectivity index is 2.72. The highest BCUT2D eigenvalue weighted by Crippen LogP contribution is 2.22. The fourth-order valence-electron chi connectivity index (χ4n) is 1.51. The lowest BCUT2D eigenvalue weighted by Gasteiger charge is -2.19. The average Bonchev–Trinajstić information content (AvgIpc) is 2.27. The molecule has 1 rings (SSSR count). The molecule has 1 aromatic carbocycles. The summed E-state index contributed by atoms with van der Waals surface area (Å²) in [5.74, 6) is -1.15. The van der Waals surface area contributed by atoms with Crippen molar-refractivity contribution >= 4 is 11.9 Å². The molecule has 0 unspecified atom stereocenters. The maximum atomic E-state index is 11.8. The molecule has 0 bridgehead atoms. The highest BCUT2D eigenvalue weighted by Gasteiger charge is 2.15. The SMILES string of the molecule is CC(C)(C)c1cccc(C(=O)NCCC(=O)O)c1. The fraction of sp³-hybridized carbons (Fsp3) is 0.429. The van der Waals surface area contributed by atoms with Crippen molar-refractivity contribution in [2.75, 3.05) is 6.54 Å². The molecule has 0 aliphatic carbocycles. The smallest absolute Gasteiger partial charge is 0.305 e. The van der Waals surface area contributed by atoms with Crippen molar-refractivity contribution in [3.8, 4) is 0 Å². The maximum absolute atomic E-state index is 11.8. The van der Waals surface area contributed by atoms with E-state index in [9.17, 15) is 9.59 Å². The fourth-order valence-corrected chi connectivity index (χ4v) is 1.51. The molecular formula is C14H19NO3. The molecule has 18 heavy (non-hydrogen) atoms. The van der Waals surface area contributed by atoms with Gasteiger partial charge in [0.1, 0.15) is 0 Å². The quantitative estimate of drug-likeness (QED) is 0.859. The molecule has 2 N–H and O–H groups in total. The first-order valence-corrected chi connectivity index (χ1v) is 5.91. The van der Waals surface area contributed by atoms with Gasteiger partial charge in [0.25, 0.3) is 5.91 Å². The molecule has 0 spiro atoms. The molecule has 0 atom stereocenters. The van der Waals surface area contributed by atoms with Crippen molar-refractivity contribution in [3.05, 3.63) is 35.4 Å². The lowest BCUT2D eigenvalue weighted by atomic mass is 9.86. The van der Waals surface area contributed by atoms with Crippen molar-refractivity contribution in [2.45, 2.75) is 32.6 Å². The summed E-state index contributed by atoms with van der Waals surface area (Å²) in [6.07, 6.45) is -0.0648. The van der Waals surface area contributed by atoms with E-state index < -0.39 is 5.97 Å². The molecule has 1 amide bonds. The van der Waals surface area contributed by atoms with Gasteiger partial charge >= 0.3 is 5.97 Å². The summed E-state index contributed by atoms with van der Waals surface area (Å²) in [6, 6.07) is 7.39. The predicted molar refractivity (Wildman–Crippen MR) is 69.7 cm³/mol. The zero-order valence-corrected chi connectivity index (χ0v) is 11.0. The van der Waals surface area contributed by atoms with Crippen LogP contribution in [0.2, 0.25) is 0 Å². The average molecular weight is 249 g/mol. The molecule has 1 aromatic rings. The van der Waals surface area contributed by atoms with Gasteiger partial charge < -0.3 is 10.4 Å². The number of benzene rings is 1. The second kappa shape index (κ2) is 5.67. The van der Waals surface area contributed by atoms with Gasteiger partial charge in [-0.15, -0.1) is 0 Å². The van der Waals surface area contributed by atoms with Gasteiger partial charge in [0.05, 0.1) is 6.42 Å². The number of nitrogens with one attached hydrogen (secondary N) is 1. The summed E-state index contributed by atoms with van der Waals surface area (Å²) < 4.78 is 0. The van der Waals surface area contributed by atoms with Crippen LogP contribution in [0.4, 0.5) is 0 Å². The van der Waals surface area contributed by atoms with Crippen molar-refractivity contribution in [3.63, 3.8) is 0 Å². The van der Waals surface area contributed by atoms with E-state index in [1.54, 1.807) is 6.07 Å². The van der Waals surface area contributed by atoms with Crippen LogP contribution in [0.1, 0.15) is 43.1 Å². The number of carboxylic acids is 1. The number of rotatable bonds is 4. The number of carboxylic acid groups (broad SMARTS) is 1. The molecule has 0 saturated heterocycles. The van der Waals surface area contributed by atoms with E-state index in [1.807, 2.05) is 18.2 Å². The van der Waals surface area contributed by atoms with Crippen molar-refractivity contribution in [1.82, 2.24) is 5.32 Å². The molecule has 0 heterocycles. The molecular weight excluding hydrogens is 230 g/mol. The molecule has 0 aromatic heterocycles. The van der Waals surface area contributed by atoms with E-state index in [4.69, 9.17) is 5.11 Å². The summed E-state index contributed by atoms with van der Waals surface area (Å²) in [5.41, 5.74) is 1.62. The third-order valence-corrected chi connectivity index (χ3v) is 2.62. The van der Waals surface area contributed by atoms with Crippen molar-refractivity contribution in [2.24, 2.45) is 0 Å². The third kappa shape index (κ3) is 4.20. The van der Waals surface area contributed by atoms with Gasteiger partial charge in [-0.2, -0.15) is 0 Å². The van der Waals surface area contributed by atoms with Gasteiger partial charge in [0.2, 0.25) is 0 Å². The lowest BCUT2D eigenvalue weighted by molar-refractivity contribution is -0.136. The molecule has 98 valence electrons. The summed E-state index contributed by atoms with van der Waals surface area (Å²) in [6.45, 7) is 6.38. The molecule has 0 fully saturated rings. The summed E-state index contributed by atoms with van der Waals surface area (Å²) in [5, 5.41) is 11.1. The van der Waals surface area contributed by atoms with Crippen molar-refractivity contribution < 1.29 is 14.7 Å². The molecule has 0 radical (unpaired) electrons. The second-order valence-electron chi connectivity index (χ2n) is 5.23. The van der Waals surface area contributed by atoms with Crippen LogP contribution in [-0.2, 0) is 10.2 Å². The largest absolute Gasteiger partial charge is 0.481 e. The number of carbonyl (C=O) groups excluding carboxylic acids is 1. The van der Waals surface area contributed by atoms with E-state index in [2.05, 4.69) is 26.1 Å². The minimum Gasteiger partial charge on any atom is -0.481 e. The van der Waals surface area contributed by atoms with Gasteiger partial charge in [-0.05, 0) is 23.1 Å². The van der Waals surface area contributed by atoms with Crippen LogP contribution in [0.5, 0.6) is 0 Å². The summed E-state index contributed by atoms with van der Waals surface area (Å²) >= 11 is 0. The first-order chi connectivity index (χ1) is 8.30. The van der Waals surface area contributed by atoms with Crippen LogP contribution in [-0.4, -0.2) is 23.5 Å². The second-order valence-corrected chi connectivity index (χ2v) is 5.23. The molecule has 4 heteroatoms. The Labute approximate surface area is 107 Å². The van der Waals surface area contributed by atoms with Gasteiger partial charge in [-0.3, -0.25) is 9.59 Å². The Bertz CT molecular complexity index is 447. The van der Waals surface area contributed by atoms with E-state index >= 15 is 0 Å². The number of amides is 1. The lowest BCUT2D eigenvalue weighted by Crippen LogP contribution is -2.26. The van der Waals surface area contributed by atoms with Gasteiger partial charge in [-0.25, -0.2) is 0 Å². The van der Waals surface area contributed by atoms with E-state index in [0.29, 0.717) is 5.56 Å². The predicted octanol–water partition coefficient (Wildman–Crippen LogP) is 2.19. The molecule has 0 saturated carbocycles. The summed E-state index contributed by atoms with van der Waals surface area (Å²) in [7, 11) is 0. The topological polar surface area (TPSA) is 66.4 Å². The van der Waals surface area contributed by atoms with Crippen LogP contribution in [0.3, 0.4) is 0 Å². The minimum absolute atomic E-state index is 0.0165. The monoisotopic (exact) mass is 249 g/mol. The molecule has 4 nitrogen and oxygen atoms in total. The Morgan fingerprint density at radius 3 is 2.50 bits per heavy atom. The normalized spacial score (nSPS) is 11.1. The van der Waals surface area contributed by atoms with Crippen LogP contribution in [0.15, 0.2) is 24.3 Å². The Kier molecular flexibility index (Phi) is 4.48. The summed E-state index contributed by atoms with van der Waals surface area (Å²) in [4.78, 5) is 22.2. The number of hydrogen-bond donors (Lipinski definition) is 2. The van der Waals surface area contributed by atoms with E-state index in [0.717, 1.165) is 5.56 Å². The molecule has 0 aliphatic rings. The number of carbonyl (C=O) groups is 2. The molecule has 0 aliphatic heterocycles. The Hall–Kier alpha value is -1.84. The first-order valence-electron chi connectivity index (χ1n) is 5.91. The van der Waals surface area contributed by atoms with Crippen molar-refractivity contribution in [1.29, 1.82) is 0 Å². The van der Waals surface area contributed by atoms with Crippen LogP contribution >= 0.6 is 0 Å². The highest BCUT2D eigenvalue weighted by molar-refractivity contribution is 5.94. The Morgan fingerprint density at radius 1 is 1.28 bits per heavy atom. The number of aliphatic carboxylic acids is 1. The zero-order chi connectivity index (χ0) is 13.8. The Morgan fingerprint density at radius 2 is 1.94 bits per heavy atom. The van der Waals surface area contributed by atoms with E-state index in [-0.39, 0.29) is 24.3 Å². The van der Waals surface area contributed by atoms with Gasteiger partial charge in [-0.1, -0.05) is 32.9 Å². The van der Waals surface area contributed by atoms with Crippen LogP contribution < -0.4 is 5.32 Å². The van der Waals surface area contributed by atoms with Crippen LogP contribution in [0, 0.1) is 0 Å². The van der Waals surface area contributed by atoms with E-state index in [1.165, 1.54) is 0 Å². The first kappa shape index (κ1) is 14.2. The standard InChI is InChI=1S/C14H19NO3/c1-14(2,3)11-6-4-5-10(9-11)13(18)15-8-7-12(16)17/h4-6,9H,7-8H2,1-3H3,(H,15,18)(H,16,17). The van der Waals surface area contributed by atoms with Crippen LogP contribution in [0.25, 0.3) is 0 Å². The zero-order valence-electron chi connectivity index (χ0n) is 11.0.